The Hall–Kier alpha value is -1.72. The lowest BCUT2D eigenvalue weighted by atomic mass is 9.89. The predicted molar refractivity (Wildman–Crippen MR) is 94.7 cm³/mol. The molecule has 0 unspecified atom stereocenters. The van der Waals surface area contributed by atoms with E-state index >= 15 is 0 Å². The van der Waals surface area contributed by atoms with Crippen LogP contribution in [0.15, 0.2) is 36.4 Å². The van der Waals surface area contributed by atoms with Crippen molar-refractivity contribution in [3.8, 4) is 11.1 Å². The zero-order valence-electron chi connectivity index (χ0n) is 14.9. The van der Waals surface area contributed by atoms with Gasteiger partial charge in [0.1, 0.15) is 0 Å². The predicted octanol–water partition coefficient (Wildman–Crippen LogP) is 3.94. The first kappa shape index (κ1) is 18.6. The zero-order chi connectivity index (χ0) is 17.4. The molecule has 0 saturated heterocycles. The molecular formula is C20H26O4. The molecule has 0 N–H and O–H groups in total. The minimum atomic E-state index is 0.509. The van der Waals surface area contributed by atoms with Crippen LogP contribution >= 0.6 is 0 Å². The smallest absolute Gasteiger partial charge is 0.0722 e. The highest BCUT2D eigenvalue weighted by molar-refractivity contribution is 5.71. The van der Waals surface area contributed by atoms with Crippen molar-refractivity contribution >= 4 is 0 Å². The quantitative estimate of drug-likeness (QED) is 0.698. The fourth-order valence-corrected chi connectivity index (χ4v) is 3.00. The van der Waals surface area contributed by atoms with Crippen molar-refractivity contribution in [3.63, 3.8) is 0 Å². The molecule has 0 atom stereocenters. The van der Waals surface area contributed by atoms with Crippen LogP contribution in [0, 0.1) is 0 Å². The summed E-state index contributed by atoms with van der Waals surface area (Å²) in [7, 11) is 6.83. The molecule has 4 nitrogen and oxygen atoms in total. The van der Waals surface area contributed by atoms with E-state index in [-0.39, 0.29) is 0 Å². The first-order valence-corrected chi connectivity index (χ1v) is 7.94. The van der Waals surface area contributed by atoms with Gasteiger partial charge >= 0.3 is 0 Å². The number of hydrogen-bond donors (Lipinski definition) is 0. The van der Waals surface area contributed by atoms with Crippen molar-refractivity contribution in [1.29, 1.82) is 0 Å². The lowest BCUT2D eigenvalue weighted by molar-refractivity contribution is 0.153. The molecule has 2 aromatic rings. The van der Waals surface area contributed by atoms with Crippen LogP contribution in [0.5, 0.6) is 0 Å². The number of methoxy groups -OCH3 is 4. The third-order valence-electron chi connectivity index (χ3n) is 4.01. The van der Waals surface area contributed by atoms with Gasteiger partial charge in [-0.25, -0.2) is 0 Å². The lowest BCUT2D eigenvalue weighted by Gasteiger charge is -2.22. The molecule has 24 heavy (non-hydrogen) atoms. The van der Waals surface area contributed by atoms with Gasteiger partial charge in [-0.05, 0) is 39.4 Å². The van der Waals surface area contributed by atoms with Crippen LogP contribution in [0.2, 0.25) is 0 Å². The molecule has 0 fully saturated rings. The fourth-order valence-electron chi connectivity index (χ4n) is 3.00. The summed E-state index contributed by atoms with van der Waals surface area (Å²) in [6, 6.07) is 12.5. The standard InChI is InChI=1S/C20H26O4/c1-21-11-16-10-17(15-8-6-5-7-9-15)19(13-23-3)20(14-24-4)18(16)12-22-2/h5-10H,11-14H2,1-4H3. The molecule has 0 radical (unpaired) electrons. The Morgan fingerprint density at radius 3 is 1.75 bits per heavy atom. The molecule has 0 aliphatic rings. The summed E-state index contributed by atoms with van der Waals surface area (Å²) in [5.74, 6) is 0. The van der Waals surface area contributed by atoms with Gasteiger partial charge < -0.3 is 18.9 Å². The minimum absolute atomic E-state index is 0.509. The number of benzene rings is 2. The molecule has 0 amide bonds. The third-order valence-corrected chi connectivity index (χ3v) is 4.01. The molecule has 0 heterocycles. The van der Waals surface area contributed by atoms with E-state index in [1.807, 2.05) is 18.2 Å². The van der Waals surface area contributed by atoms with E-state index in [9.17, 15) is 0 Å². The molecule has 2 aromatic carbocycles. The summed E-state index contributed by atoms with van der Waals surface area (Å²) in [4.78, 5) is 0. The van der Waals surface area contributed by atoms with Crippen LogP contribution in [-0.2, 0) is 45.4 Å². The zero-order valence-corrected chi connectivity index (χ0v) is 14.9. The summed E-state index contributed by atoms with van der Waals surface area (Å²) >= 11 is 0. The Bertz CT molecular complexity index is 638. The Labute approximate surface area is 144 Å². The van der Waals surface area contributed by atoms with Gasteiger partial charge in [-0.1, -0.05) is 30.3 Å². The average Bonchev–Trinajstić information content (AvgIpc) is 2.60. The minimum Gasteiger partial charge on any atom is -0.380 e. The van der Waals surface area contributed by atoms with Crippen molar-refractivity contribution in [2.75, 3.05) is 28.4 Å². The van der Waals surface area contributed by atoms with E-state index < -0.39 is 0 Å². The van der Waals surface area contributed by atoms with Gasteiger partial charge in [-0.2, -0.15) is 0 Å². The first-order chi connectivity index (χ1) is 11.8. The fraction of sp³-hybridized carbons (Fsp3) is 0.400. The van der Waals surface area contributed by atoms with E-state index in [1.54, 1.807) is 28.4 Å². The van der Waals surface area contributed by atoms with Gasteiger partial charge in [-0.3, -0.25) is 0 Å². The van der Waals surface area contributed by atoms with Gasteiger partial charge in [0, 0.05) is 28.4 Å². The Balaban J connectivity index is 2.72. The number of ether oxygens (including phenoxy) is 4. The van der Waals surface area contributed by atoms with Gasteiger partial charge in [0.25, 0.3) is 0 Å². The second kappa shape index (κ2) is 9.55. The van der Waals surface area contributed by atoms with E-state index in [0.717, 1.165) is 33.4 Å². The van der Waals surface area contributed by atoms with Crippen LogP contribution in [0.1, 0.15) is 22.3 Å². The molecule has 2 rings (SSSR count). The van der Waals surface area contributed by atoms with Crippen molar-refractivity contribution in [2.24, 2.45) is 0 Å². The molecule has 0 saturated carbocycles. The summed E-state index contributed by atoms with van der Waals surface area (Å²) < 4.78 is 21.8. The van der Waals surface area contributed by atoms with Crippen molar-refractivity contribution in [3.05, 3.63) is 58.7 Å². The van der Waals surface area contributed by atoms with E-state index in [0.29, 0.717) is 26.4 Å². The monoisotopic (exact) mass is 330 g/mol. The largest absolute Gasteiger partial charge is 0.380 e. The van der Waals surface area contributed by atoms with E-state index in [4.69, 9.17) is 18.9 Å². The lowest BCUT2D eigenvalue weighted by Crippen LogP contribution is -2.10. The summed E-state index contributed by atoms with van der Waals surface area (Å²) in [5, 5.41) is 0. The molecule has 130 valence electrons. The maximum atomic E-state index is 5.48. The van der Waals surface area contributed by atoms with Gasteiger partial charge in [0.2, 0.25) is 0 Å². The topological polar surface area (TPSA) is 36.9 Å². The second-order valence-electron chi connectivity index (χ2n) is 5.62. The van der Waals surface area contributed by atoms with Crippen LogP contribution in [0.4, 0.5) is 0 Å². The maximum absolute atomic E-state index is 5.48. The molecule has 0 aromatic heterocycles. The van der Waals surface area contributed by atoms with Crippen LogP contribution in [0.3, 0.4) is 0 Å². The molecule has 0 aliphatic heterocycles. The summed E-state index contributed by atoms with van der Waals surface area (Å²) in [5.41, 5.74) is 6.80. The summed E-state index contributed by atoms with van der Waals surface area (Å²) in [6.45, 7) is 2.08. The van der Waals surface area contributed by atoms with Crippen LogP contribution in [-0.4, -0.2) is 28.4 Å². The Morgan fingerprint density at radius 1 is 0.625 bits per heavy atom. The van der Waals surface area contributed by atoms with E-state index in [2.05, 4.69) is 18.2 Å². The van der Waals surface area contributed by atoms with Crippen LogP contribution in [0.25, 0.3) is 11.1 Å². The summed E-state index contributed by atoms with van der Waals surface area (Å²) in [6.07, 6.45) is 0. The first-order valence-electron chi connectivity index (χ1n) is 7.94. The molecule has 0 aliphatic carbocycles. The molecule has 4 heteroatoms. The Morgan fingerprint density at radius 2 is 1.17 bits per heavy atom. The maximum Gasteiger partial charge on any atom is 0.0722 e. The molecule has 0 spiro atoms. The van der Waals surface area contributed by atoms with Gasteiger partial charge in [-0.15, -0.1) is 0 Å². The molecular weight excluding hydrogens is 304 g/mol. The van der Waals surface area contributed by atoms with Gasteiger partial charge in [0.15, 0.2) is 0 Å². The highest BCUT2D eigenvalue weighted by Gasteiger charge is 2.19. The van der Waals surface area contributed by atoms with Crippen molar-refractivity contribution in [2.45, 2.75) is 26.4 Å². The molecule has 0 bridgehead atoms. The van der Waals surface area contributed by atoms with E-state index in [1.165, 1.54) is 0 Å². The third kappa shape index (κ3) is 4.22. The number of rotatable bonds is 9. The van der Waals surface area contributed by atoms with Gasteiger partial charge in [0.05, 0.1) is 26.4 Å². The highest BCUT2D eigenvalue weighted by Crippen LogP contribution is 2.33. The van der Waals surface area contributed by atoms with Crippen molar-refractivity contribution < 1.29 is 18.9 Å². The number of hydrogen-bond acceptors (Lipinski definition) is 4. The highest BCUT2D eigenvalue weighted by atomic mass is 16.5. The van der Waals surface area contributed by atoms with Crippen molar-refractivity contribution in [1.82, 2.24) is 0 Å². The van der Waals surface area contributed by atoms with Crippen LogP contribution < -0.4 is 0 Å². The SMILES string of the molecule is COCc1cc(-c2ccccc2)c(COC)c(COC)c1COC. The average molecular weight is 330 g/mol. The normalized spacial score (nSPS) is 11.0. The second-order valence-corrected chi connectivity index (χ2v) is 5.62. The Kier molecular flexibility index (Phi) is 7.40.